The van der Waals surface area contributed by atoms with E-state index < -0.39 is 40.9 Å². The number of hydrogen-bond acceptors (Lipinski definition) is 5. The first-order chi connectivity index (χ1) is 6.12. The smallest absolute Gasteiger partial charge is 0.284 e. The summed E-state index contributed by atoms with van der Waals surface area (Å²) >= 11 is -2.88. The Bertz CT molecular complexity index is 298. The standard InChI is InChI=1S/C3H6F2O7S2/c4-3(5,1-11-13(6)7)2-12-14(8,9)10/h1-2H2,(H,6,7)(H,8,9,10). The molecule has 0 aliphatic carbocycles. The predicted octanol–water partition coefficient (Wildman–Crippen LogP) is -0.406. The van der Waals surface area contributed by atoms with Gasteiger partial charge >= 0.3 is 21.8 Å². The molecule has 0 aliphatic rings. The van der Waals surface area contributed by atoms with Crippen LogP contribution >= 0.6 is 0 Å². The van der Waals surface area contributed by atoms with Crippen molar-refractivity contribution in [3.8, 4) is 0 Å². The van der Waals surface area contributed by atoms with E-state index >= 15 is 0 Å². The monoisotopic (exact) mass is 256 g/mol. The molecule has 2 N–H and O–H groups in total. The van der Waals surface area contributed by atoms with Crippen molar-refractivity contribution in [2.75, 3.05) is 13.2 Å². The van der Waals surface area contributed by atoms with Crippen LogP contribution in [-0.4, -0.2) is 40.9 Å². The summed E-state index contributed by atoms with van der Waals surface area (Å²) in [7, 11) is -4.97. The van der Waals surface area contributed by atoms with E-state index in [4.69, 9.17) is 9.11 Å². The number of hydrogen-bond donors (Lipinski definition) is 2. The third-order valence-corrected chi connectivity index (χ3v) is 1.53. The Labute approximate surface area is 80.5 Å². The molecule has 0 fully saturated rings. The number of alkyl halides is 2. The van der Waals surface area contributed by atoms with Gasteiger partial charge in [0, 0.05) is 0 Å². The van der Waals surface area contributed by atoms with E-state index in [9.17, 15) is 21.4 Å². The van der Waals surface area contributed by atoms with Crippen molar-refractivity contribution in [1.82, 2.24) is 0 Å². The van der Waals surface area contributed by atoms with E-state index in [1.807, 2.05) is 0 Å². The summed E-state index contributed by atoms with van der Waals surface area (Å²) in [6, 6.07) is 0. The molecular formula is C3H6F2O7S2. The second kappa shape index (κ2) is 5.04. The highest BCUT2D eigenvalue weighted by Crippen LogP contribution is 2.15. The summed E-state index contributed by atoms with van der Waals surface area (Å²) in [5, 5.41) is 0. The van der Waals surface area contributed by atoms with Crippen molar-refractivity contribution >= 4 is 21.8 Å². The maximum Gasteiger partial charge on any atom is 0.397 e. The first-order valence-corrected chi connectivity index (χ1v) is 5.26. The van der Waals surface area contributed by atoms with Crippen LogP contribution in [-0.2, 0) is 30.1 Å². The van der Waals surface area contributed by atoms with Crippen LogP contribution in [0.3, 0.4) is 0 Å². The second-order valence-electron chi connectivity index (χ2n) is 2.03. The van der Waals surface area contributed by atoms with Gasteiger partial charge in [-0.2, -0.15) is 12.6 Å². The molecule has 11 heteroatoms. The molecule has 0 saturated carbocycles. The molecule has 1 atom stereocenters. The van der Waals surface area contributed by atoms with Gasteiger partial charge < -0.3 is 0 Å². The van der Waals surface area contributed by atoms with Gasteiger partial charge in [-0.15, -0.1) is 0 Å². The molecule has 7 nitrogen and oxygen atoms in total. The molecule has 0 rings (SSSR count). The molecule has 0 aromatic heterocycles. The van der Waals surface area contributed by atoms with Crippen LogP contribution in [0, 0.1) is 0 Å². The average Bonchev–Trinajstić information content (AvgIpc) is 1.97. The highest BCUT2D eigenvalue weighted by Gasteiger charge is 2.33. The third kappa shape index (κ3) is 8.40. The Balaban J connectivity index is 4.01. The fourth-order valence-electron chi connectivity index (χ4n) is 0.339. The van der Waals surface area contributed by atoms with E-state index in [1.165, 1.54) is 0 Å². The quantitative estimate of drug-likeness (QED) is 0.491. The lowest BCUT2D eigenvalue weighted by atomic mass is 10.4. The van der Waals surface area contributed by atoms with Gasteiger partial charge in [-0.25, -0.2) is 13.0 Å². The predicted molar refractivity (Wildman–Crippen MR) is 39.2 cm³/mol. The molecule has 14 heavy (non-hydrogen) atoms. The molecule has 0 bridgehead atoms. The first-order valence-electron chi connectivity index (χ1n) is 2.86. The van der Waals surface area contributed by atoms with Crippen molar-refractivity contribution in [3.05, 3.63) is 0 Å². The van der Waals surface area contributed by atoms with Crippen molar-refractivity contribution in [1.29, 1.82) is 0 Å². The van der Waals surface area contributed by atoms with E-state index in [0.717, 1.165) is 0 Å². The minimum atomic E-state index is -4.97. The Morgan fingerprint density at radius 3 is 2.21 bits per heavy atom. The van der Waals surface area contributed by atoms with Crippen molar-refractivity contribution in [2.45, 2.75) is 5.92 Å². The lowest BCUT2D eigenvalue weighted by molar-refractivity contribution is -0.0724. The Hall–Kier alpha value is -0.200. The Morgan fingerprint density at radius 1 is 1.36 bits per heavy atom. The maximum atomic E-state index is 12.4. The van der Waals surface area contributed by atoms with E-state index in [0.29, 0.717) is 0 Å². The van der Waals surface area contributed by atoms with E-state index in [-0.39, 0.29) is 0 Å². The average molecular weight is 256 g/mol. The fraction of sp³-hybridized carbons (Fsp3) is 1.00. The second-order valence-corrected chi connectivity index (χ2v) is 3.79. The lowest BCUT2D eigenvalue weighted by Crippen LogP contribution is -2.31. The highest BCUT2D eigenvalue weighted by molar-refractivity contribution is 7.80. The van der Waals surface area contributed by atoms with Crippen LogP contribution in [0.15, 0.2) is 0 Å². The van der Waals surface area contributed by atoms with Crippen LogP contribution < -0.4 is 0 Å². The fourth-order valence-corrected chi connectivity index (χ4v) is 0.934. The van der Waals surface area contributed by atoms with E-state index in [1.54, 1.807) is 0 Å². The SMILES string of the molecule is O=S(O)OCC(F)(F)COS(=O)(=O)O. The molecule has 86 valence electrons. The summed E-state index contributed by atoms with van der Waals surface area (Å²) in [5.41, 5.74) is 0. The molecule has 0 aromatic rings. The molecule has 0 amide bonds. The molecule has 0 aromatic carbocycles. The van der Waals surface area contributed by atoms with Gasteiger partial charge in [-0.3, -0.25) is 13.3 Å². The normalized spacial score (nSPS) is 15.4. The number of halogens is 2. The molecule has 0 radical (unpaired) electrons. The summed E-state index contributed by atoms with van der Waals surface area (Å²) in [5.74, 6) is -3.80. The van der Waals surface area contributed by atoms with Crippen LogP contribution in [0.2, 0.25) is 0 Å². The first kappa shape index (κ1) is 13.8. The lowest BCUT2D eigenvalue weighted by Gasteiger charge is -2.13. The van der Waals surface area contributed by atoms with Crippen molar-refractivity contribution < 1.29 is 38.9 Å². The van der Waals surface area contributed by atoms with Crippen molar-refractivity contribution in [2.24, 2.45) is 0 Å². The van der Waals surface area contributed by atoms with Crippen molar-refractivity contribution in [3.63, 3.8) is 0 Å². The zero-order chi connectivity index (χ0) is 11.4. The number of rotatable bonds is 6. The van der Waals surface area contributed by atoms with Gasteiger partial charge in [0.2, 0.25) is 0 Å². The zero-order valence-corrected chi connectivity index (χ0v) is 8.06. The summed E-state index contributed by atoms with van der Waals surface area (Å²) in [6.45, 7) is -3.19. The topological polar surface area (TPSA) is 110 Å². The van der Waals surface area contributed by atoms with Gasteiger partial charge in [-0.05, 0) is 0 Å². The third-order valence-electron chi connectivity index (χ3n) is 0.790. The molecule has 0 heterocycles. The van der Waals surface area contributed by atoms with Gasteiger partial charge in [0.15, 0.2) is 0 Å². The maximum absolute atomic E-state index is 12.4. The van der Waals surface area contributed by atoms with Gasteiger partial charge in [0.25, 0.3) is 5.92 Å². The minimum absolute atomic E-state index is 1.51. The van der Waals surface area contributed by atoms with Gasteiger partial charge in [0.1, 0.15) is 13.2 Å². The summed E-state index contributed by atoms with van der Waals surface area (Å²) < 4.78 is 77.2. The van der Waals surface area contributed by atoms with Crippen LogP contribution in [0.4, 0.5) is 8.78 Å². The van der Waals surface area contributed by atoms with Crippen LogP contribution in [0.5, 0.6) is 0 Å². The zero-order valence-electron chi connectivity index (χ0n) is 6.42. The van der Waals surface area contributed by atoms with E-state index in [2.05, 4.69) is 8.37 Å². The largest absolute Gasteiger partial charge is 0.397 e. The molecule has 0 aliphatic heterocycles. The summed E-state index contributed by atoms with van der Waals surface area (Å²) in [6.07, 6.45) is 0. The van der Waals surface area contributed by atoms with Gasteiger partial charge in [0.05, 0.1) is 0 Å². The van der Waals surface area contributed by atoms with Crippen LogP contribution in [0.25, 0.3) is 0 Å². The Morgan fingerprint density at radius 2 is 1.86 bits per heavy atom. The molecule has 0 spiro atoms. The van der Waals surface area contributed by atoms with Crippen LogP contribution in [0.1, 0.15) is 0 Å². The molecule has 1 unspecified atom stereocenters. The summed E-state index contributed by atoms with van der Waals surface area (Å²) in [4.78, 5) is 0. The molecule has 0 saturated heterocycles. The Kier molecular flexibility index (Phi) is 4.97. The molecular weight excluding hydrogens is 250 g/mol. The minimum Gasteiger partial charge on any atom is -0.284 e. The van der Waals surface area contributed by atoms with Gasteiger partial charge in [-0.1, -0.05) is 0 Å². The highest BCUT2D eigenvalue weighted by atomic mass is 32.3.